The highest BCUT2D eigenvalue weighted by molar-refractivity contribution is 5.75. The number of amides is 1. The largest absolute Gasteiger partial charge is 0.385 e. The molecule has 6 heteroatoms. The second-order valence-electron chi connectivity index (χ2n) is 4.00. The molecule has 0 fully saturated rings. The number of rotatable bonds is 10. The van der Waals surface area contributed by atoms with Gasteiger partial charge in [-0.25, -0.2) is 5.84 Å². The third kappa shape index (κ3) is 8.09. The predicted octanol–water partition coefficient (Wildman–Crippen LogP) is -0.260. The highest BCUT2D eigenvalue weighted by Gasteiger charge is 2.16. The summed E-state index contributed by atoms with van der Waals surface area (Å²) >= 11 is 0. The minimum absolute atomic E-state index is 0.144. The number of hydrogen-bond acceptors (Lipinski definition) is 5. The average molecular weight is 247 g/mol. The van der Waals surface area contributed by atoms with Crippen LogP contribution in [0.15, 0.2) is 0 Å². The molecule has 0 saturated carbocycles. The van der Waals surface area contributed by atoms with Crippen molar-refractivity contribution in [2.75, 3.05) is 40.5 Å². The second kappa shape index (κ2) is 10.5. The van der Waals surface area contributed by atoms with Crippen LogP contribution in [0.25, 0.3) is 0 Å². The Kier molecular flexibility index (Phi) is 10.0. The zero-order valence-electron chi connectivity index (χ0n) is 11.1. The number of carbonyl (C=O) groups excluding carboxylic acids is 1. The standard InChI is InChI=1S/C11H25N3O3/c1-10(9-11(15)13-12)14(6-8-17-3)5-4-7-16-2/h10H,4-9,12H2,1-3H3,(H,13,15). The van der Waals surface area contributed by atoms with Gasteiger partial charge in [-0.2, -0.15) is 0 Å². The molecular formula is C11H25N3O3. The van der Waals surface area contributed by atoms with E-state index >= 15 is 0 Å². The van der Waals surface area contributed by atoms with Crippen molar-refractivity contribution in [3.63, 3.8) is 0 Å². The fraction of sp³-hybridized carbons (Fsp3) is 0.909. The van der Waals surface area contributed by atoms with Crippen molar-refractivity contribution < 1.29 is 14.3 Å². The zero-order valence-corrected chi connectivity index (χ0v) is 11.1. The summed E-state index contributed by atoms with van der Waals surface area (Å²) in [6.45, 7) is 5.08. The molecule has 1 atom stereocenters. The quantitative estimate of drug-likeness (QED) is 0.241. The van der Waals surface area contributed by atoms with Gasteiger partial charge >= 0.3 is 0 Å². The first-order valence-corrected chi connectivity index (χ1v) is 5.87. The van der Waals surface area contributed by atoms with Crippen molar-refractivity contribution in [2.45, 2.75) is 25.8 Å². The van der Waals surface area contributed by atoms with E-state index in [1.807, 2.05) is 6.92 Å². The van der Waals surface area contributed by atoms with E-state index in [0.29, 0.717) is 13.0 Å². The SMILES string of the molecule is COCCCN(CCOC)C(C)CC(=O)NN. The van der Waals surface area contributed by atoms with Crippen LogP contribution in [0.4, 0.5) is 0 Å². The highest BCUT2D eigenvalue weighted by atomic mass is 16.5. The van der Waals surface area contributed by atoms with E-state index in [1.165, 1.54) is 0 Å². The Hall–Kier alpha value is -0.690. The van der Waals surface area contributed by atoms with Crippen LogP contribution < -0.4 is 11.3 Å². The maximum absolute atomic E-state index is 11.2. The Labute approximate surface area is 103 Å². The Morgan fingerprint density at radius 1 is 1.29 bits per heavy atom. The lowest BCUT2D eigenvalue weighted by Gasteiger charge is -2.28. The van der Waals surface area contributed by atoms with Gasteiger partial charge in [0.05, 0.1) is 6.61 Å². The minimum Gasteiger partial charge on any atom is -0.385 e. The molecule has 0 bridgehead atoms. The van der Waals surface area contributed by atoms with Crippen molar-refractivity contribution in [2.24, 2.45) is 5.84 Å². The Morgan fingerprint density at radius 3 is 2.47 bits per heavy atom. The van der Waals surface area contributed by atoms with Crippen LogP contribution in [0, 0.1) is 0 Å². The van der Waals surface area contributed by atoms with E-state index in [2.05, 4.69) is 10.3 Å². The maximum Gasteiger partial charge on any atom is 0.235 e. The molecule has 102 valence electrons. The van der Waals surface area contributed by atoms with Crippen LogP contribution in [0.3, 0.4) is 0 Å². The first-order valence-electron chi connectivity index (χ1n) is 5.87. The number of carbonyl (C=O) groups is 1. The molecule has 0 radical (unpaired) electrons. The van der Waals surface area contributed by atoms with E-state index in [-0.39, 0.29) is 11.9 Å². The fourth-order valence-corrected chi connectivity index (χ4v) is 1.63. The summed E-state index contributed by atoms with van der Waals surface area (Å²) in [6.07, 6.45) is 1.34. The molecule has 1 amide bonds. The number of ether oxygens (including phenoxy) is 2. The Morgan fingerprint density at radius 2 is 1.94 bits per heavy atom. The molecular weight excluding hydrogens is 222 g/mol. The van der Waals surface area contributed by atoms with E-state index in [1.54, 1.807) is 14.2 Å². The van der Waals surface area contributed by atoms with E-state index < -0.39 is 0 Å². The lowest BCUT2D eigenvalue weighted by Crippen LogP contribution is -2.41. The minimum atomic E-state index is -0.147. The lowest BCUT2D eigenvalue weighted by molar-refractivity contribution is -0.122. The number of hydrazine groups is 1. The smallest absolute Gasteiger partial charge is 0.235 e. The third-order valence-corrected chi connectivity index (χ3v) is 2.64. The van der Waals surface area contributed by atoms with Crippen LogP contribution in [-0.2, 0) is 14.3 Å². The molecule has 0 spiro atoms. The van der Waals surface area contributed by atoms with Gasteiger partial charge in [0.25, 0.3) is 0 Å². The third-order valence-electron chi connectivity index (χ3n) is 2.64. The molecule has 0 aliphatic carbocycles. The van der Waals surface area contributed by atoms with Crippen molar-refractivity contribution in [3.8, 4) is 0 Å². The maximum atomic E-state index is 11.2. The highest BCUT2D eigenvalue weighted by Crippen LogP contribution is 2.05. The number of methoxy groups -OCH3 is 2. The van der Waals surface area contributed by atoms with Gasteiger partial charge in [-0.15, -0.1) is 0 Å². The number of nitrogens with one attached hydrogen (secondary N) is 1. The molecule has 3 N–H and O–H groups in total. The number of nitrogens with zero attached hydrogens (tertiary/aromatic N) is 1. The van der Waals surface area contributed by atoms with Gasteiger partial charge in [-0.05, 0) is 13.3 Å². The average Bonchev–Trinajstić information content (AvgIpc) is 2.33. The summed E-state index contributed by atoms with van der Waals surface area (Å²) in [7, 11) is 3.36. The topological polar surface area (TPSA) is 76.8 Å². The normalized spacial score (nSPS) is 12.8. The lowest BCUT2D eigenvalue weighted by atomic mass is 10.2. The molecule has 6 nitrogen and oxygen atoms in total. The van der Waals surface area contributed by atoms with Gasteiger partial charge in [0, 0.05) is 46.4 Å². The van der Waals surface area contributed by atoms with E-state index in [4.69, 9.17) is 15.3 Å². The Bertz CT molecular complexity index is 202. The molecule has 1 unspecified atom stereocenters. The molecule has 0 aromatic rings. The molecule has 0 saturated heterocycles. The summed E-state index contributed by atoms with van der Waals surface area (Å²) in [4.78, 5) is 13.4. The molecule has 0 aromatic heterocycles. The van der Waals surface area contributed by atoms with E-state index in [9.17, 15) is 4.79 Å². The molecule has 0 aliphatic rings. The zero-order chi connectivity index (χ0) is 13.1. The van der Waals surface area contributed by atoms with Crippen LogP contribution in [-0.4, -0.2) is 57.4 Å². The van der Waals surface area contributed by atoms with Crippen molar-refractivity contribution >= 4 is 5.91 Å². The Balaban J connectivity index is 4.08. The van der Waals surface area contributed by atoms with Gasteiger partial charge in [0.2, 0.25) is 5.91 Å². The number of nitrogens with two attached hydrogens (primary N) is 1. The van der Waals surface area contributed by atoms with Crippen LogP contribution >= 0.6 is 0 Å². The first kappa shape index (κ1) is 16.3. The van der Waals surface area contributed by atoms with Crippen molar-refractivity contribution in [1.29, 1.82) is 0 Å². The van der Waals surface area contributed by atoms with Crippen LogP contribution in [0.1, 0.15) is 19.8 Å². The van der Waals surface area contributed by atoms with Crippen molar-refractivity contribution in [1.82, 2.24) is 10.3 Å². The molecule has 0 aromatic carbocycles. The van der Waals surface area contributed by atoms with E-state index in [0.717, 1.165) is 26.1 Å². The van der Waals surface area contributed by atoms with Crippen LogP contribution in [0.5, 0.6) is 0 Å². The summed E-state index contributed by atoms with van der Waals surface area (Å²) in [6, 6.07) is 0.144. The van der Waals surface area contributed by atoms with Crippen molar-refractivity contribution in [3.05, 3.63) is 0 Å². The predicted molar refractivity (Wildman–Crippen MR) is 66.4 cm³/mol. The monoisotopic (exact) mass is 247 g/mol. The summed E-state index contributed by atoms with van der Waals surface area (Å²) < 4.78 is 10.1. The molecule has 0 rings (SSSR count). The number of hydrogen-bond donors (Lipinski definition) is 2. The molecule has 17 heavy (non-hydrogen) atoms. The molecule has 0 heterocycles. The van der Waals surface area contributed by atoms with Crippen LogP contribution in [0.2, 0.25) is 0 Å². The summed E-state index contributed by atoms with van der Waals surface area (Å²) in [5, 5.41) is 0. The first-order chi connectivity index (χ1) is 8.15. The van der Waals surface area contributed by atoms with Gasteiger partial charge in [-0.3, -0.25) is 15.1 Å². The second-order valence-corrected chi connectivity index (χ2v) is 4.00. The molecule has 0 aliphatic heterocycles. The summed E-state index contributed by atoms with van der Waals surface area (Å²) in [5.41, 5.74) is 2.15. The van der Waals surface area contributed by atoms with Gasteiger partial charge < -0.3 is 9.47 Å². The van der Waals surface area contributed by atoms with Gasteiger partial charge in [-0.1, -0.05) is 0 Å². The van der Waals surface area contributed by atoms with Gasteiger partial charge in [0.1, 0.15) is 0 Å². The fourth-order valence-electron chi connectivity index (χ4n) is 1.63. The summed E-state index contributed by atoms with van der Waals surface area (Å²) in [5.74, 6) is 4.93. The van der Waals surface area contributed by atoms with Gasteiger partial charge in [0.15, 0.2) is 0 Å².